The van der Waals surface area contributed by atoms with Crippen LogP contribution in [-0.2, 0) is 28.2 Å². The quantitative estimate of drug-likeness (QED) is 0.501. The smallest absolute Gasteiger partial charge is 0.294 e. The molecule has 0 aliphatic rings. The maximum atomic E-state index is 13.6. The molecule has 0 aromatic heterocycles. The highest BCUT2D eigenvalue weighted by Gasteiger charge is 2.38. The fourth-order valence-electron chi connectivity index (χ4n) is 2.47. The number of halogens is 5. The molecule has 2 rings (SSSR count). The predicted molar refractivity (Wildman–Crippen MR) is 93.6 cm³/mol. The molecule has 0 saturated heterocycles. The fraction of sp³-hybridized carbons (Fsp3) is 0.316. The lowest BCUT2D eigenvalue weighted by atomic mass is 10.0. The first-order valence-electron chi connectivity index (χ1n) is 8.20. The van der Waals surface area contributed by atoms with Gasteiger partial charge in [0.2, 0.25) is 0 Å². The fourth-order valence-corrected chi connectivity index (χ4v) is 3.46. The molecule has 0 spiro atoms. The van der Waals surface area contributed by atoms with E-state index < -0.39 is 50.7 Å². The molecule has 0 fully saturated rings. The van der Waals surface area contributed by atoms with Gasteiger partial charge in [0, 0.05) is 12.0 Å². The number of carbonyl (C=O) groups is 1. The molecule has 28 heavy (non-hydrogen) atoms. The van der Waals surface area contributed by atoms with Gasteiger partial charge in [-0.2, -0.15) is 13.2 Å². The van der Waals surface area contributed by atoms with Gasteiger partial charge in [-0.25, -0.2) is 17.2 Å². The van der Waals surface area contributed by atoms with Gasteiger partial charge in [-0.15, -0.1) is 0 Å². The Balaban J connectivity index is 2.18. The Morgan fingerprint density at radius 1 is 0.964 bits per heavy atom. The zero-order valence-corrected chi connectivity index (χ0v) is 15.8. The Hall–Kier alpha value is -2.29. The van der Waals surface area contributed by atoms with Crippen LogP contribution in [0.15, 0.2) is 36.4 Å². The first-order valence-corrected chi connectivity index (χ1v) is 9.91. The lowest BCUT2D eigenvalue weighted by Gasteiger charge is -2.11. The van der Waals surface area contributed by atoms with E-state index in [2.05, 4.69) is 0 Å². The molecule has 0 heterocycles. The number of alkyl halides is 3. The Labute approximate surface area is 159 Å². The molecule has 3 nitrogen and oxygen atoms in total. The maximum absolute atomic E-state index is 13.6. The molecule has 2 aromatic rings. The van der Waals surface area contributed by atoms with E-state index in [9.17, 15) is 35.2 Å². The summed E-state index contributed by atoms with van der Waals surface area (Å²) in [6.07, 6.45) is -5.68. The van der Waals surface area contributed by atoms with Gasteiger partial charge in [0.25, 0.3) is 0 Å². The molecular formula is C19H17F5O3S. The van der Waals surface area contributed by atoms with Crippen LogP contribution in [0.5, 0.6) is 0 Å². The van der Waals surface area contributed by atoms with Crippen LogP contribution in [0.1, 0.15) is 40.9 Å². The Morgan fingerprint density at radius 3 is 1.89 bits per heavy atom. The zero-order valence-electron chi connectivity index (χ0n) is 15.0. The van der Waals surface area contributed by atoms with E-state index in [1.807, 2.05) is 0 Å². The minimum absolute atomic E-state index is 0.145. The van der Waals surface area contributed by atoms with Gasteiger partial charge in [-0.1, -0.05) is 24.3 Å². The summed E-state index contributed by atoms with van der Waals surface area (Å²) in [7, 11) is -3.32. The molecule has 0 saturated carbocycles. The van der Waals surface area contributed by atoms with E-state index in [0.29, 0.717) is 17.7 Å². The molecule has 0 radical (unpaired) electrons. The third-order valence-electron chi connectivity index (χ3n) is 4.11. The summed E-state index contributed by atoms with van der Waals surface area (Å²) in [6.45, 7) is 3.10. The van der Waals surface area contributed by atoms with Crippen LogP contribution in [0.25, 0.3) is 0 Å². The third kappa shape index (κ3) is 5.15. The normalized spacial score (nSPS) is 12.4. The molecule has 0 aliphatic heterocycles. The summed E-state index contributed by atoms with van der Waals surface area (Å²) in [6, 6.07) is 6.58. The predicted octanol–water partition coefficient (Wildman–Crippen LogP) is 4.73. The van der Waals surface area contributed by atoms with Crippen LogP contribution in [0.4, 0.5) is 22.0 Å². The minimum Gasteiger partial charge on any atom is -0.294 e. The molecular weight excluding hydrogens is 403 g/mol. The first-order chi connectivity index (χ1) is 12.8. The van der Waals surface area contributed by atoms with Gasteiger partial charge in [0.15, 0.2) is 15.6 Å². The van der Waals surface area contributed by atoms with Crippen LogP contribution in [0.2, 0.25) is 0 Å². The molecule has 2 aromatic carbocycles. The summed E-state index contributed by atoms with van der Waals surface area (Å²) >= 11 is 0. The van der Waals surface area contributed by atoms with Crippen molar-refractivity contribution in [3.8, 4) is 0 Å². The lowest BCUT2D eigenvalue weighted by molar-refractivity contribution is -0.142. The van der Waals surface area contributed by atoms with Crippen LogP contribution < -0.4 is 0 Å². The topological polar surface area (TPSA) is 51.2 Å². The van der Waals surface area contributed by atoms with Crippen molar-refractivity contribution in [3.63, 3.8) is 0 Å². The number of benzene rings is 2. The van der Waals surface area contributed by atoms with Crippen molar-refractivity contribution in [2.75, 3.05) is 0 Å². The molecule has 0 atom stereocenters. The van der Waals surface area contributed by atoms with E-state index in [0.717, 1.165) is 0 Å². The Bertz CT molecular complexity index is 955. The van der Waals surface area contributed by atoms with Crippen molar-refractivity contribution in [1.82, 2.24) is 0 Å². The highest BCUT2D eigenvalue weighted by Crippen LogP contribution is 2.34. The number of hydrogen-bond donors (Lipinski definition) is 0. The van der Waals surface area contributed by atoms with Crippen LogP contribution in [0.3, 0.4) is 0 Å². The van der Waals surface area contributed by atoms with Gasteiger partial charge < -0.3 is 0 Å². The van der Waals surface area contributed by atoms with E-state index in [-0.39, 0.29) is 16.9 Å². The summed E-state index contributed by atoms with van der Waals surface area (Å²) < 4.78 is 88.8. The minimum atomic E-state index is -5.18. The number of ketones is 1. The second-order valence-electron chi connectivity index (χ2n) is 6.59. The molecule has 0 unspecified atom stereocenters. The standard InChI is InChI=1S/C19H17F5O3S/c1-11(2)28(26,27)10-12-3-5-14(6-4-12)17(25)9-13-7-15(20)18(16(21)8-13)19(22,23)24/h3-8,11H,9-10H2,1-2H3. The van der Waals surface area contributed by atoms with Crippen molar-refractivity contribution in [2.24, 2.45) is 0 Å². The molecule has 152 valence electrons. The van der Waals surface area contributed by atoms with Crippen molar-refractivity contribution in [1.29, 1.82) is 0 Å². The third-order valence-corrected chi connectivity index (χ3v) is 6.28. The Morgan fingerprint density at radius 2 is 1.46 bits per heavy atom. The SMILES string of the molecule is CC(C)S(=O)(=O)Cc1ccc(C(=O)Cc2cc(F)c(C(F)(F)F)c(F)c2)cc1. The summed E-state index contributed by atoms with van der Waals surface area (Å²) in [5, 5.41) is -0.557. The van der Waals surface area contributed by atoms with Crippen LogP contribution in [-0.4, -0.2) is 19.5 Å². The maximum Gasteiger partial charge on any atom is 0.422 e. The molecule has 0 amide bonds. The van der Waals surface area contributed by atoms with Crippen LogP contribution in [0, 0.1) is 11.6 Å². The van der Waals surface area contributed by atoms with Gasteiger partial charge in [-0.05, 0) is 37.1 Å². The average molecular weight is 420 g/mol. The zero-order chi connectivity index (χ0) is 21.3. The largest absolute Gasteiger partial charge is 0.422 e. The van der Waals surface area contributed by atoms with E-state index in [4.69, 9.17) is 0 Å². The van der Waals surface area contributed by atoms with Crippen LogP contribution >= 0.6 is 0 Å². The second kappa shape index (κ2) is 7.98. The van der Waals surface area contributed by atoms with Crippen molar-refractivity contribution in [3.05, 3.63) is 70.3 Å². The molecule has 0 bridgehead atoms. The number of sulfone groups is 1. The highest BCUT2D eigenvalue weighted by molar-refractivity contribution is 7.91. The highest BCUT2D eigenvalue weighted by atomic mass is 32.2. The van der Waals surface area contributed by atoms with E-state index in [1.165, 1.54) is 24.3 Å². The summed E-state index contributed by atoms with van der Waals surface area (Å²) in [4.78, 5) is 12.2. The number of carbonyl (C=O) groups excluding carboxylic acids is 1. The summed E-state index contributed by atoms with van der Waals surface area (Å²) in [5.41, 5.74) is -1.62. The average Bonchev–Trinajstić information content (AvgIpc) is 2.52. The van der Waals surface area contributed by atoms with Gasteiger partial charge >= 0.3 is 6.18 Å². The molecule has 9 heteroatoms. The Kier molecular flexibility index (Phi) is 6.27. The first kappa shape index (κ1) is 22.0. The van der Waals surface area contributed by atoms with Crippen molar-refractivity contribution < 1.29 is 35.2 Å². The lowest BCUT2D eigenvalue weighted by Crippen LogP contribution is -2.16. The van der Waals surface area contributed by atoms with Crippen molar-refractivity contribution in [2.45, 2.75) is 37.4 Å². The van der Waals surface area contributed by atoms with E-state index in [1.54, 1.807) is 13.8 Å². The number of Topliss-reactive ketones (excluding diaryl/α,β-unsaturated/α-hetero) is 1. The van der Waals surface area contributed by atoms with Gasteiger partial charge in [0.05, 0.1) is 11.0 Å². The van der Waals surface area contributed by atoms with E-state index >= 15 is 0 Å². The second-order valence-corrected chi connectivity index (χ2v) is 9.14. The molecule has 0 aliphatic carbocycles. The monoisotopic (exact) mass is 420 g/mol. The van der Waals surface area contributed by atoms with Gasteiger partial charge in [0.1, 0.15) is 17.2 Å². The molecule has 0 N–H and O–H groups in total. The van der Waals surface area contributed by atoms with Crippen molar-refractivity contribution >= 4 is 15.6 Å². The summed E-state index contributed by atoms with van der Waals surface area (Å²) in [5.74, 6) is -4.35. The van der Waals surface area contributed by atoms with Gasteiger partial charge in [-0.3, -0.25) is 4.79 Å². The number of hydrogen-bond acceptors (Lipinski definition) is 3. The number of rotatable bonds is 6.